The van der Waals surface area contributed by atoms with Crippen LogP contribution in [-0.4, -0.2) is 22.2 Å². The second kappa shape index (κ2) is 5.89. The Bertz CT molecular complexity index is 737. The van der Waals surface area contributed by atoms with E-state index >= 15 is 0 Å². The highest BCUT2D eigenvalue weighted by Crippen LogP contribution is 2.50. The lowest BCUT2D eigenvalue weighted by Crippen LogP contribution is -2.64. The SMILES string of the molecule is CC1(C)CCCC(C)(C)N1B(Cl)C1c2ccccc2-c2ccccc21. The maximum Gasteiger partial charge on any atom is 0.344 e. The van der Waals surface area contributed by atoms with E-state index in [2.05, 4.69) is 81.0 Å². The van der Waals surface area contributed by atoms with Crippen molar-refractivity contribution in [1.82, 2.24) is 4.81 Å². The Labute approximate surface area is 157 Å². The molecule has 0 amide bonds. The number of halogens is 1. The van der Waals surface area contributed by atoms with E-state index in [-0.39, 0.29) is 23.2 Å². The lowest BCUT2D eigenvalue weighted by atomic mass is 9.60. The predicted octanol–water partition coefficient (Wildman–Crippen LogP) is 6.11. The van der Waals surface area contributed by atoms with Crippen LogP contribution in [0.2, 0.25) is 0 Å². The topological polar surface area (TPSA) is 3.24 Å². The van der Waals surface area contributed by atoms with Gasteiger partial charge in [-0.15, -0.1) is 0 Å². The quantitative estimate of drug-likeness (QED) is 0.590. The molecule has 4 rings (SSSR count). The van der Waals surface area contributed by atoms with Gasteiger partial charge in [-0.3, -0.25) is 0 Å². The van der Waals surface area contributed by atoms with Crippen molar-refractivity contribution in [2.75, 3.05) is 0 Å². The maximum absolute atomic E-state index is 7.32. The van der Waals surface area contributed by atoms with Crippen LogP contribution in [0, 0.1) is 0 Å². The molecule has 0 bridgehead atoms. The summed E-state index contributed by atoms with van der Waals surface area (Å²) in [6.45, 7) is 9.43. The van der Waals surface area contributed by atoms with Crippen LogP contribution in [0.4, 0.5) is 0 Å². The molecule has 25 heavy (non-hydrogen) atoms. The van der Waals surface area contributed by atoms with Crippen molar-refractivity contribution >= 4 is 17.7 Å². The smallest absolute Gasteiger partial charge is 0.318 e. The zero-order chi connectivity index (χ0) is 17.8. The maximum atomic E-state index is 7.32. The van der Waals surface area contributed by atoms with Crippen molar-refractivity contribution in [3.8, 4) is 11.1 Å². The molecular weight excluding hydrogens is 325 g/mol. The van der Waals surface area contributed by atoms with Crippen LogP contribution in [0.1, 0.15) is 63.9 Å². The average molecular weight is 352 g/mol. The van der Waals surface area contributed by atoms with E-state index in [1.54, 1.807) is 0 Å². The largest absolute Gasteiger partial charge is 0.344 e. The first kappa shape index (κ1) is 17.2. The zero-order valence-corrected chi connectivity index (χ0v) is 16.5. The molecule has 2 aromatic carbocycles. The van der Waals surface area contributed by atoms with Gasteiger partial charge in [0.25, 0.3) is 0 Å². The van der Waals surface area contributed by atoms with Gasteiger partial charge in [-0.2, -0.15) is 11.5 Å². The van der Waals surface area contributed by atoms with Gasteiger partial charge >= 0.3 is 6.26 Å². The van der Waals surface area contributed by atoms with Crippen molar-refractivity contribution in [3.05, 3.63) is 59.7 Å². The van der Waals surface area contributed by atoms with Gasteiger partial charge < -0.3 is 4.81 Å². The van der Waals surface area contributed by atoms with Gasteiger partial charge in [0.05, 0.1) is 0 Å². The molecule has 1 aliphatic carbocycles. The minimum Gasteiger partial charge on any atom is -0.318 e. The van der Waals surface area contributed by atoms with Crippen molar-refractivity contribution in [2.45, 2.75) is 63.9 Å². The zero-order valence-electron chi connectivity index (χ0n) is 15.7. The summed E-state index contributed by atoms with van der Waals surface area (Å²) < 4.78 is 0. The van der Waals surface area contributed by atoms with E-state index in [0.29, 0.717) is 0 Å². The van der Waals surface area contributed by atoms with Crippen molar-refractivity contribution in [2.24, 2.45) is 0 Å². The van der Waals surface area contributed by atoms with Gasteiger partial charge in [0.15, 0.2) is 0 Å². The highest BCUT2D eigenvalue weighted by molar-refractivity contribution is 7.06. The van der Waals surface area contributed by atoms with Gasteiger partial charge in [-0.25, -0.2) is 0 Å². The summed E-state index contributed by atoms with van der Waals surface area (Å²) >= 11 is 7.32. The molecule has 2 aromatic rings. The summed E-state index contributed by atoms with van der Waals surface area (Å²) in [5.74, 6) is 0.228. The van der Waals surface area contributed by atoms with E-state index < -0.39 is 0 Å². The fraction of sp³-hybridized carbons (Fsp3) is 0.455. The summed E-state index contributed by atoms with van der Waals surface area (Å²) in [6.07, 6.45) is 3.64. The highest BCUT2D eigenvalue weighted by atomic mass is 35.5. The van der Waals surface area contributed by atoms with Crippen LogP contribution in [-0.2, 0) is 0 Å². The molecule has 130 valence electrons. The molecule has 1 saturated heterocycles. The predicted molar refractivity (Wildman–Crippen MR) is 109 cm³/mol. The van der Waals surface area contributed by atoms with Crippen molar-refractivity contribution < 1.29 is 0 Å². The molecule has 0 radical (unpaired) electrons. The second-order valence-electron chi connectivity index (χ2n) is 8.87. The monoisotopic (exact) mass is 351 g/mol. The van der Waals surface area contributed by atoms with E-state index in [0.717, 1.165) is 0 Å². The van der Waals surface area contributed by atoms with Crippen LogP contribution in [0.5, 0.6) is 0 Å². The van der Waals surface area contributed by atoms with Crippen LogP contribution >= 0.6 is 11.5 Å². The highest BCUT2D eigenvalue weighted by Gasteiger charge is 2.50. The molecule has 0 N–H and O–H groups in total. The van der Waals surface area contributed by atoms with Gasteiger partial charge in [-0.1, -0.05) is 48.5 Å². The Hall–Kier alpha value is -1.25. The third-order valence-electron chi connectivity index (χ3n) is 6.29. The summed E-state index contributed by atoms with van der Waals surface area (Å²) in [4.78, 5) is 2.59. The molecule has 0 aromatic heterocycles. The normalized spacial score (nSPS) is 21.6. The molecular formula is C22H27BClN. The van der Waals surface area contributed by atoms with Crippen molar-refractivity contribution in [1.29, 1.82) is 0 Å². The minimum absolute atomic E-state index is 0.0462. The van der Waals surface area contributed by atoms with E-state index in [4.69, 9.17) is 11.5 Å². The Balaban J connectivity index is 1.84. The summed E-state index contributed by atoms with van der Waals surface area (Å²) in [5.41, 5.74) is 5.67. The number of piperidine rings is 1. The molecule has 1 aliphatic heterocycles. The number of fused-ring (bicyclic) bond motifs is 3. The van der Waals surface area contributed by atoms with Crippen molar-refractivity contribution in [3.63, 3.8) is 0 Å². The Morgan fingerprint density at radius 1 is 0.840 bits per heavy atom. The van der Waals surface area contributed by atoms with Gasteiger partial charge in [0.1, 0.15) is 0 Å². The van der Waals surface area contributed by atoms with Crippen LogP contribution < -0.4 is 0 Å². The molecule has 1 heterocycles. The van der Waals surface area contributed by atoms with E-state index in [1.165, 1.54) is 41.5 Å². The number of benzene rings is 2. The summed E-state index contributed by atoms with van der Waals surface area (Å²) in [7, 11) is 0. The van der Waals surface area contributed by atoms with E-state index in [9.17, 15) is 0 Å². The van der Waals surface area contributed by atoms with Crippen LogP contribution in [0.3, 0.4) is 0 Å². The first-order valence-electron chi connectivity index (χ1n) is 9.45. The fourth-order valence-corrected chi connectivity index (χ4v) is 6.12. The third kappa shape index (κ3) is 2.66. The molecule has 3 heteroatoms. The third-order valence-corrected chi connectivity index (χ3v) is 6.73. The number of hydrogen-bond acceptors (Lipinski definition) is 1. The lowest BCUT2D eigenvalue weighted by Gasteiger charge is -2.55. The standard InChI is InChI=1S/C22H27BClN/c1-21(2)14-9-15-22(3,4)25(21)23(24)20-18-12-7-5-10-16(18)17-11-6-8-13-19(17)20/h5-8,10-13,20H,9,14-15H2,1-4H3. The Kier molecular flexibility index (Phi) is 4.05. The number of rotatable bonds is 2. The fourth-order valence-electron chi connectivity index (χ4n) is 5.32. The van der Waals surface area contributed by atoms with Gasteiger partial charge in [0, 0.05) is 16.9 Å². The second-order valence-corrected chi connectivity index (χ2v) is 9.32. The molecule has 0 saturated carbocycles. The first-order chi connectivity index (χ1) is 11.8. The molecule has 0 atom stereocenters. The van der Waals surface area contributed by atoms with Gasteiger partial charge in [-0.05, 0) is 69.2 Å². The summed E-state index contributed by atoms with van der Waals surface area (Å²) in [6, 6.07) is 17.6. The molecule has 1 fully saturated rings. The first-order valence-corrected chi connectivity index (χ1v) is 9.88. The molecule has 1 nitrogen and oxygen atoms in total. The Morgan fingerprint density at radius 3 is 1.76 bits per heavy atom. The molecule has 0 spiro atoms. The summed E-state index contributed by atoms with van der Waals surface area (Å²) in [5, 5.41) is 0. The molecule has 2 aliphatic rings. The number of hydrogen-bond donors (Lipinski definition) is 0. The van der Waals surface area contributed by atoms with E-state index in [1.807, 2.05) is 0 Å². The number of nitrogens with zero attached hydrogens (tertiary/aromatic N) is 1. The van der Waals surface area contributed by atoms with Crippen LogP contribution in [0.25, 0.3) is 11.1 Å². The molecule has 0 unspecified atom stereocenters. The average Bonchev–Trinajstić information content (AvgIpc) is 2.87. The van der Waals surface area contributed by atoms with Gasteiger partial charge in [0.2, 0.25) is 0 Å². The lowest BCUT2D eigenvalue weighted by molar-refractivity contribution is 0.0505. The Morgan fingerprint density at radius 2 is 1.28 bits per heavy atom. The van der Waals surface area contributed by atoms with Crippen LogP contribution in [0.15, 0.2) is 48.5 Å². The minimum atomic E-state index is -0.0462.